The number of nitrogens with zero attached hydrogens (tertiary/aromatic N) is 2. The van der Waals surface area contributed by atoms with Crippen molar-refractivity contribution in [3.05, 3.63) is 12.3 Å². The van der Waals surface area contributed by atoms with E-state index < -0.39 is 0 Å². The van der Waals surface area contributed by atoms with Crippen molar-refractivity contribution in [1.29, 1.82) is 0 Å². The zero-order valence-corrected chi connectivity index (χ0v) is 8.76. The molecule has 2 unspecified atom stereocenters. The molecule has 3 saturated heterocycles. The third kappa shape index (κ3) is 1.12. The molecule has 0 aromatic rings. The molecule has 2 atom stereocenters. The van der Waals surface area contributed by atoms with Gasteiger partial charge in [-0.1, -0.05) is 6.58 Å². The molecule has 3 aliphatic heterocycles. The van der Waals surface area contributed by atoms with E-state index in [2.05, 4.69) is 21.7 Å². The Morgan fingerprint density at radius 1 is 1.21 bits per heavy atom. The van der Waals surface area contributed by atoms with Crippen molar-refractivity contribution in [3.8, 4) is 0 Å². The van der Waals surface area contributed by atoms with Gasteiger partial charge in [0.25, 0.3) is 0 Å². The minimum Gasteiger partial charge on any atom is -0.371 e. The Labute approximate surface area is 85.8 Å². The quantitative estimate of drug-likeness (QED) is 0.634. The van der Waals surface area contributed by atoms with Gasteiger partial charge in [0.2, 0.25) is 0 Å². The van der Waals surface area contributed by atoms with E-state index >= 15 is 0 Å². The van der Waals surface area contributed by atoms with Gasteiger partial charge in [-0.15, -0.1) is 0 Å². The van der Waals surface area contributed by atoms with E-state index in [-0.39, 0.29) is 0 Å². The molecule has 0 bridgehead atoms. The molecule has 3 heterocycles. The summed E-state index contributed by atoms with van der Waals surface area (Å²) in [6.45, 7) is 11.4. The van der Waals surface area contributed by atoms with Gasteiger partial charge in [-0.3, -0.25) is 4.90 Å². The fourth-order valence-electron chi connectivity index (χ4n) is 3.02. The second-order valence-corrected chi connectivity index (χ2v) is 4.74. The van der Waals surface area contributed by atoms with Crippen LogP contribution in [0, 0.1) is 0 Å². The summed E-state index contributed by atoms with van der Waals surface area (Å²) in [6.07, 6.45) is 2.71. The number of piperidine rings is 1. The van der Waals surface area contributed by atoms with E-state index in [1.165, 1.54) is 31.6 Å². The highest BCUT2D eigenvalue weighted by molar-refractivity contribution is 5.30. The lowest BCUT2D eigenvalue weighted by atomic mass is 10.0. The monoisotopic (exact) mass is 193 g/mol. The van der Waals surface area contributed by atoms with Crippen molar-refractivity contribution < 1.29 is 0 Å². The number of fused-ring (bicyclic) bond motifs is 1. The smallest absolute Gasteiger partial charge is 0.0734 e. The maximum Gasteiger partial charge on any atom is 0.0734 e. The number of hydrogen-bond acceptors (Lipinski definition) is 3. The van der Waals surface area contributed by atoms with Crippen LogP contribution in [0.4, 0.5) is 0 Å². The topological polar surface area (TPSA) is 18.3 Å². The summed E-state index contributed by atoms with van der Waals surface area (Å²) in [5.74, 6) is 0. The molecule has 3 rings (SSSR count). The SMILES string of the molecule is C=C(N1CCNCC1)C12CCCN1C2. The molecule has 1 N–H and O–H groups in total. The number of piperazine rings is 1. The van der Waals surface area contributed by atoms with Crippen LogP contribution in [0.2, 0.25) is 0 Å². The minimum absolute atomic E-state index is 0.414. The second kappa shape index (κ2) is 2.97. The second-order valence-electron chi connectivity index (χ2n) is 4.74. The van der Waals surface area contributed by atoms with Gasteiger partial charge in [-0.05, 0) is 19.4 Å². The Bertz CT molecular complexity index is 257. The third-order valence-corrected chi connectivity index (χ3v) is 4.01. The standard InChI is InChI=1S/C11H19N3/c1-10(13-7-4-12-5-8-13)11-3-2-6-14(11)9-11/h12H,1-9H2. The van der Waals surface area contributed by atoms with Crippen LogP contribution in [0.5, 0.6) is 0 Å². The van der Waals surface area contributed by atoms with Crippen LogP contribution in [-0.2, 0) is 0 Å². The zero-order chi connectivity index (χ0) is 9.60. The molecule has 0 saturated carbocycles. The largest absolute Gasteiger partial charge is 0.371 e. The van der Waals surface area contributed by atoms with E-state index in [1.54, 1.807) is 0 Å². The molecular weight excluding hydrogens is 174 g/mol. The van der Waals surface area contributed by atoms with Crippen LogP contribution in [0.3, 0.4) is 0 Å². The normalized spacial score (nSPS) is 40.9. The van der Waals surface area contributed by atoms with Crippen LogP contribution >= 0.6 is 0 Å². The fraction of sp³-hybridized carbons (Fsp3) is 0.818. The first-order valence-electron chi connectivity index (χ1n) is 5.73. The van der Waals surface area contributed by atoms with Gasteiger partial charge < -0.3 is 10.2 Å². The molecule has 0 aromatic carbocycles. The molecule has 3 heteroatoms. The molecule has 0 spiro atoms. The van der Waals surface area contributed by atoms with Crippen molar-refractivity contribution in [2.24, 2.45) is 0 Å². The van der Waals surface area contributed by atoms with Gasteiger partial charge in [0.1, 0.15) is 0 Å². The Morgan fingerprint density at radius 3 is 2.57 bits per heavy atom. The van der Waals surface area contributed by atoms with Crippen molar-refractivity contribution in [2.75, 3.05) is 39.3 Å². The summed E-state index contributed by atoms with van der Waals surface area (Å²) in [7, 11) is 0. The predicted octanol–water partition coefficient (Wildman–Crippen LogP) is 0.253. The van der Waals surface area contributed by atoms with Crippen LogP contribution in [-0.4, -0.2) is 54.6 Å². The average molecular weight is 193 g/mol. The predicted molar refractivity (Wildman–Crippen MR) is 57.1 cm³/mol. The van der Waals surface area contributed by atoms with Gasteiger partial charge in [-0.25, -0.2) is 0 Å². The minimum atomic E-state index is 0.414. The molecule has 3 fully saturated rings. The zero-order valence-electron chi connectivity index (χ0n) is 8.76. The van der Waals surface area contributed by atoms with Crippen LogP contribution < -0.4 is 5.32 Å². The van der Waals surface area contributed by atoms with E-state index in [0.717, 1.165) is 26.2 Å². The molecule has 0 amide bonds. The summed E-state index contributed by atoms with van der Waals surface area (Å²) in [5, 5.41) is 3.39. The lowest BCUT2D eigenvalue weighted by molar-refractivity contribution is 0.269. The molecule has 0 radical (unpaired) electrons. The summed E-state index contributed by atoms with van der Waals surface area (Å²) in [4.78, 5) is 5.07. The number of rotatable bonds is 2. The summed E-state index contributed by atoms with van der Waals surface area (Å²) in [5.41, 5.74) is 1.81. The lowest BCUT2D eigenvalue weighted by Crippen LogP contribution is -2.45. The maximum atomic E-state index is 4.33. The summed E-state index contributed by atoms with van der Waals surface area (Å²) in [6, 6.07) is 0. The molecule has 14 heavy (non-hydrogen) atoms. The van der Waals surface area contributed by atoms with Gasteiger partial charge in [0.05, 0.1) is 5.54 Å². The first-order valence-corrected chi connectivity index (χ1v) is 5.73. The Hall–Kier alpha value is -0.540. The van der Waals surface area contributed by atoms with Crippen molar-refractivity contribution in [3.63, 3.8) is 0 Å². The van der Waals surface area contributed by atoms with E-state index in [4.69, 9.17) is 0 Å². The van der Waals surface area contributed by atoms with Crippen molar-refractivity contribution >= 4 is 0 Å². The van der Waals surface area contributed by atoms with E-state index in [1.807, 2.05) is 0 Å². The van der Waals surface area contributed by atoms with Crippen LogP contribution in [0.25, 0.3) is 0 Å². The molecule has 3 nitrogen and oxygen atoms in total. The van der Waals surface area contributed by atoms with Gasteiger partial charge in [-0.2, -0.15) is 0 Å². The third-order valence-electron chi connectivity index (χ3n) is 4.01. The summed E-state index contributed by atoms with van der Waals surface area (Å²) >= 11 is 0. The fourth-order valence-corrected chi connectivity index (χ4v) is 3.02. The highest BCUT2D eigenvalue weighted by atomic mass is 15.4. The van der Waals surface area contributed by atoms with E-state index in [0.29, 0.717) is 5.54 Å². The van der Waals surface area contributed by atoms with E-state index in [9.17, 15) is 0 Å². The molecule has 78 valence electrons. The maximum absolute atomic E-state index is 4.33. The first-order chi connectivity index (χ1) is 6.83. The molecular formula is C11H19N3. The highest BCUT2D eigenvalue weighted by Gasteiger charge is 2.57. The molecule has 0 aliphatic carbocycles. The van der Waals surface area contributed by atoms with Crippen molar-refractivity contribution in [2.45, 2.75) is 18.4 Å². The van der Waals surface area contributed by atoms with Gasteiger partial charge >= 0.3 is 0 Å². The molecule has 3 aliphatic rings. The van der Waals surface area contributed by atoms with Gasteiger partial charge in [0.15, 0.2) is 0 Å². The number of hydrogen-bond donors (Lipinski definition) is 1. The first kappa shape index (κ1) is 8.74. The Morgan fingerprint density at radius 2 is 2.00 bits per heavy atom. The van der Waals surface area contributed by atoms with Crippen LogP contribution in [0.15, 0.2) is 12.3 Å². The molecule has 0 aromatic heterocycles. The Kier molecular flexibility index (Phi) is 1.86. The Balaban J connectivity index is 1.70. The number of nitrogens with one attached hydrogen (secondary N) is 1. The summed E-state index contributed by atoms with van der Waals surface area (Å²) < 4.78 is 0. The van der Waals surface area contributed by atoms with Crippen molar-refractivity contribution in [1.82, 2.24) is 15.1 Å². The lowest BCUT2D eigenvalue weighted by Gasteiger charge is -2.34. The van der Waals surface area contributed by atoms with Crippen LogP contribution in [0.1, 0.15) is 12.8 Å². The van der Waals surface area contributed by atoms with Gasteiger partial charge in [0, 0.05) is 38.4 Å². The average Bonchev–Trinajstić information content (AvgIpc) is 2.82. The highest BCUT2D eigenvalue weighted by Crippen LogP contribution is 2.48.